The minimum Gasteiger partial charge on any atom is -0.287 e. The fourth-order valence-electron chi connectivity index (χ4n) is 6.72. The lowest BCUT2D eigenvalue weighted by molar-refractivity contribution is 0.233. The highest BCUT2D eigenvalue weighted by atomic mass is 15.2. The molecule has 6 aromatic heterocycles. The number of aromatic nitrogens is 6. The van der Waals surface area contributed by atoms with Crippen LogP contribution in [0.2, 0.25) is 0 Å². The minimum atomic E-state index is 0.702. The summed E-state index contributed by atoms with van der Waals surface area (Å²) in [4.78, 5) is 35.3. The molecule has 0 spiro atoms. The highest BCUT2D eigenvalue weighted by Gasteiger charge is 2.17. The van der Waals surface area contributed by atoms with E-state index in [-0.39, 0.29) is 0 Å². The lowest BCUT2D eigenvalue weighted by Gasteiger charge is -2.26. The van der Waals surface area contributed by atoms with Gasteiger partial charge in [-0.1, -0.05) is 54.6 Å². The van der Waals surface area contributed by atoms with Crippen molar-refractivity contribution in [3.05, 3.63) is 215 Å². The highest BCUT2D eigenvalue weighted by molar-refractivity contribution is 5.31. The monoisotopic (exact) mass is 711 g/mol. The third-order valence-electron chi connectivity index (χ3n) is 9.00. The zero-order chi connectivity index (χ0) is 36.6. The van der Waals surface area contributed by atoms with Crippen molar-refractivity contribution in [2.24, 2.45) is 0 Å². The number of hydrogen-bond donors (Lipinski definition) is 0. The van der Waals surface area contributed by atoms with Crippen LogP contribution >= 0.6 is 0 Å². The second-order valence-electron chi connectivity index (χ2n) is 13.5. The number of nitrogens with zero attached hydrogens (tertiary/aromatic N) is 9. The van der Waals surface area contributed by atoms with E-state index in [0.29, 0.717) is 39.3 Å². The van der Waals surface area contributed by atoms with Crippen molar-refractivity contribution in [1.29, 1.82) is 0 Å². The van der Waals surface area contributed by atoms with E-state index in [0.717, 1.165) is 53.8 Å². The summed E-state index contributed by atoms with van der Waals surface area (Å²) in [6, 6.07) is 43.7. The maximum Gasteiger partial charge on any atom is 0.0544 e. The zero-order valence-electron chi connectivity index (χ0n) is 30.5. The van der Waals surface area contributed by atoms with E-state index in [1.54, 1.807) is 0 Å². The van der Waals surface area contributed by atoms with Crippen molar-refractivity contribution in [3.8, 4) is 0 Å². The molecule has 0 aliphatic rings. The Balaban J connectivity index is 1.23. The average molecular weight is 712 g/mol. The largest absolute Gasteiger partial charge is 0.287 e. The molecule has 9 heteroatoms. The fourth-order valence-corrected chi connectivity index (χ4v) is 6.72. The number of pyridine rings is 6. The maximum absolute atomic E-state index is 4.68. The van der Waals surface area contributed by atoms with Gasteiger partial charge in [0.25, 0.3) is 0 Å². The van der Waals surface area contributed by atoms with Gasteiger partial charge in [0.1, 0.15) is 0 Å². The smallest absolute Gasteiger partial charge is 0.0544 e. The quantitative estimate of drug-likeness (QED) is 0.0891. The number of hydrogen-bond acceptors (Lipinski definition) is 9. The van der Waals surface area contributed by atoms with Crippen molar-refractivity contribution in [2.75, 3.05) is 0 Å². The van der Waals surface area contributed by atoms with Crippen LogP contribution in [-0.2, 0) is 58.9 Å². The predicted molar refractivity (Wildman–Crippen MR) is 211 cm³/mol. The van der Waals surface area contributed by atoms with Gasteiger partial charge in [-0.3, -0.25) is 44.6 Å². The summed E-state index contributed by atoms with van der Waals surface area (Å²) in [7, 11) is 0. The van der Waals surface area contributed by atoms with Gasteiger partial charge in [-0.25, -0.2) is 0 Å². The Bertz CT molecular complexity index is 1720. The first-order valence-electron chi connectivity index (χ1n) is 18.4. The molecular formula is C45H45N9. The molecule has 1 aromatic carbocycles. The summed E-state index contributed by atoms with van der Waals surface area (Å²) in [5, 5.41) is 0. The Morgan fingerprint density at radius 1 is 0.259 bits per heavy atom. The van der Waals surface area contributed by atoms with Gasteiger partial charge < -0.3 is 0 Å². The van der Waals surface area contributed by atoms with Crippen LogP contribution in [-0.4, -0.2) is 44.6 Å². The van der Waals surface area contributed by atoms with Crippen molar-refractivity contribution in [3.63, 3.8) is 0 Å². The first kappa shape index (κ1) is 36.4. The summed E-state index contributed by atoms with van der Waals surface area (Å²) in [6.07, 6.45) is 11.2. The summed E-state index contributed by atoms with van der Waals surface area (Å²) < 4.78 is 0. The highest BCUT2D eigenvalue weighted by Crippen LogP contribution is 2.22. The Hall–Kier alpha value is -6.00. The molecule has 270 valence electrons. The zero-order valence-corrected chi connectivity index (χ0v) is 30.5. The molecule has 0 amide bonds. The van der Waals surface area contributed by atoms with Crippen LogP contribution in [0, 0.1) is 0 Å². The SMILES string of the molecule is c1ccc(CN(Cc2cc(CN(Cc3ccccn3)Cc3ccccn3)cc(CN(Cc3ccccn3)Cc3ccccn3)c2)Cc2ccccn2)nc1. The normalized spacial score (nSPS) is 11.4. The lowest BCUT2D eigenvalue weighted by Crippen LogP contribution is -2.26. The van der Waals surface area contributed by atoms with Crippen molar-refractivity contribution in [2.45, 2.75) is 58.9 Å². The molecule has 0 aliphatic carbocycles. The molecule has 0 unspecified atom stereocenters. The van der Waals surface area contributed by atoms with Crippen LogP contribution in [0.4, 0.5) is 0 Å². The molecule has 0 radical (unpaired) electrons. The molecule has 0 saturated carbocycles. The summed E-state index contributed by atoms with van der Waals surface area (Å²) in [6.45, 7) is 6.41. The van der Waals surface area contributed by atoms with E-state index in [1.807, 2.05) is 73.6 Å². The molecule has 7 aromatic rings. The van der Waals surface area contributed by atoms with Gasteiger partial charge in [0.2, 0.25) is 0 Å². The Morgan fingerprint density at radius 3 is 0.630 bits per heavy atom. The van der Waals surface area contributed by atoms with Crippen LogP contribution < -0.4 is 0 Å². The van der Waals surface area contributed by atoms with Crippen molar-refractivity contribution >= 4 is 0 Å². The molecule has 0 aliphatic heterocycles. The molecule has 0 atom stereocenters. The molecule has 0 fully saturated rings. The summed E-state index contributed by atoms with van der Waals surface area (Å²) >= 11 is 0. The van der Waals surface area contributed by atoms with E-state index in [2.05, 4.69) is 136 Å². The van der Waals surface area contributed by atoms with Crippen LogP contribution in [0.1, 0.15) is 50.9 Å². The third kappa shape index (κ3) is 11.5. The molecule has 54 heavy (non-hydrogen) atoms. The topological polar surface area (TPSA) is 87.1 Å². The van der Waals surface area contributed by atoms with Crippen LogP contribution in [0.3, 0.4) is 0 Å². The maximum atomic E-state index is 4.68. The molecule has 0 N–H and O–H groups in total. The predicted octanol–water partition coefficient (Wildman–Crippen LogP) is 7.66. The summed E-state index contributed by atoms with van der Waals surface area (Å²) in [5.74, 6) is 0. The van der Waals surface area contributed by atoms with E-state index in [1.165, 1.54) is 16.7 Å². The second kappa shape index (κ2) is 19.2. The molecular weight excluding hydrogens is 667 g/mol. The molecule has 7 rings (SSSR count). The van der Waals surface area contributed by atoms with Crippen molar-refractivity contribution in [1.82, 2.24) is 44.6 Å². The van der Waals surface area contributed by atoms with Gasteiger partial charge >= 0.3 is 0 Å². The van der Waals surface area contributed by atoms with E-state index >= 15 is 0 Å². The van der Waals surface area contributed by atoms with Crippen molar-refractivity contribution < 1.29 is 0 Å². The second-order valence-corrected chi connectivity index (χ2v) is 13.5. The van der Waals surface area contributed by atoms with Gasteiger partial charge in [0.05, 0.1) is 34.2 Å². The fraction of sp³-hybridized carbons (Fsp3) is 0.200. The van der Waals surface area contributed by atoms with Gasteiger partial charge in [-0.05, 0) is 89.5 Å². The van der Waals surface area contributed by atoms with Gasteiger partial charge in [0.15, 0.2) is 0 Å². The lowest BCUT2D eigenvalue weighted by atomic mass is 10.0. The summed E-state index contributed by atoms with van der Waals surface area (Å²) in [5.41, 5.74) is 9.87. The van der Waals surface area contributed by atoms with Gasteiger partial charge in [-0.15, -0.1) is 0 Å². The van der Waals surface area contributed by atoms with Crippen LogP contribution in [0.5, 0.6) is 0 Å². The minimum absolute atomic E-state index is 0.702. The van der Waals surface area contributed by atoms with E-state index in [4.69, 9.17) is 0 Å². The number of benzene rings is 1. The average Bonchev–Trinajstić information content (AvgIpc) is 3.20. The molecule has 9 nitrogen and oxygen atoms in total. The molecule has 0 bridgehead atoms. The standard InChI is InChI=1S/C45H45N9/c1-7-19-46-40(13-1)31-52(32-41-14-2-8-20-47-41)28-37-25-38(29-53(33-42-15-3-9-21-48-42)34-43-16-4-10-22-49-43)27-39(26-37)30-54(35-44-17-5-11-23-50-44)36-45-18-6-12-24-51-45/h1-27H,28-36H2. The Labute approximate surface area is 318 Å². The first-order chi connectivity index (χ1) is 26.7. The first-order valence-corrected chi connectivity index (χ1v) is 18.4. The molecule has 0 saturated heterocycles. The van der Waals surface area contributed by atoms with Gasteiger partial charge in [0, 0.05) is 96.1 Å². The third-order valence-corrected chi connectivity index (χ3v) is 9.00. The number of rotatable bonds is 18. The van der Waals surface area contributed by atoms with Gasteiger partial charge in [-0.2, -0.15) is 0 Å². The molecule has 6 heterocycles. The Morgan fingerprint density at radius 2 is 0.463 bits per heavy atom. The van der Waals surface area contributed by atoms with Crippen LogP contribution in [0.15, 0.2) is 165 Å². The van der Waals surface area contributed by atoms with Crippen LogP contribution in [0.25, 0.3) is 0 Å². The van der Waals surface area contributed by atoms with E-state index in [9.17, 15) is 0 Å². The van der Waals surface area contributed by atoms with E-state index < -0.39 is 0 Å². The Kier molecular flexibility index (Phi) is 12.9.